The number of amides is 3. The molecule has 1 saturated heterocycles. The Morgan fingerprint density at radius 1 is 1.17 bits per heavy atom. The normalized spacial score (nSPS) is 21.1. The van der Waals surface area contributed by atoms with Crippen LogP contribution in [0.4, 0.5) is 10.5 Å². The number of ether oxygens (including phenoxy) is 1. The van der Waals surface area contributed by atoms with Crippen LogP contribution < -0.4 is 20.3 Å². The lowest BCUT2D eigenvalue weighted by atomic mass is 10.2. The molecule has 6 heteroatoms. The van der Waals surface area contributed by atoms with Crippen LogP contribution in [0.2, 0.25) is 0 Å². The predicted molar refractivity (Wildman–Crippen MR) is 92.3 cm³/mol. The lowest BCUT2D eigenvalue weighted by molar-refractivity contribution is -0.117. The summed E-state index contributed by atoms with van der Waals surface area (Å²) in [6, 6.07) is 7.45. The standard InChI is InChI=1S/C18H25N3O3/c1-2-24-16-9-7-15(8-10-16)21-12-14(11-17(21)22)20-18(23)19-13-5-3-4-6-13/h7-10,13-14H,2-6,11-12H2,1H3,(H2,19,20,23)/t14-/m1/s1. The van der Waals surface area contributed by atoms with E-state index in [-0.39, 0.29) is 24.0 Å². The van der Waals surface area contributed by atoms with Crippen LogP contribution in [0.3, 0.4) is 0 Å². The average Bonchev–Trinajstić information content (AvgIpc) is 3.18. The molecule has 1 aliphatic carbocycles. The van der Waals surface area contributed by atoms with Crippen LogP contribution >= 0.6 is 0 Å². The van der Waals surface area contributed by atoms with Gasteiger partial charge in [0.05, 0.1) is 12.6 Å². The second kappa shape index (κ2) is 7.55. The van der Waals surface area contributed by atoms with Crippen molar-refractivity contribution in [2.24, 2.45) is 0 Å². The van der Waals surface area contributed by atoms with Crippen molar-refractivity contribution in [1.82, 2.24) is 10.6 Å². The Hall–Kier alpha value is -2.24. The molecule has 3 rings (SSSR count). The lowest BCUT2D eigenvalue weighted by Gasteiger charge is -2.19. The van der Waals surface area contributed by atoms with Crippen molar-refractivity contribution in [3.05, 3.63) is 24.3 Å². The van der Waals surface area contributed by atoms with Gasteiger partial charge in [-0.25, -0.2) is 4.79 Å². The van der Waals surface area contributed by atoms with Crippen molar-refractivity contribution in [1.29, 1.82) is 0 Å². The second-order valence-electron chi connectivity index (χ2n) is 6.43. The zero-order valence-electron chi connectivity index (χ0n) is 14.1. The van der Waals surface area contributed by atoms with Crippen molar-refractivity contribution in [3.63, 3.8) is 0 Å². The molecule has 6 nitrogen and oxygen atoms in total. The Bertz CT molecular complexity index is 582. The smallest absolute Gasteiger partial charge is 0.315 e. The first-order chi connectivity index (χ1) is 11.7. The van der Waals surface area contributed by atoms with Crippen LogP contribution in [0.1, 0.15) is 39.0 Å². The van der Waals surface area contributed by atoms with Gasteiger partial charge in [0.1, 0.15) is 5.75 Å². The fraction of sp³-hybridized carbons (Fsp3) is 0.556. The zero-order chi connectivity index (χ0) is 16.9. The molecule has 2 fully saturated rings. The number of carbonyl (C=O) groups is 2. The maximum Gasteiger partial charge on any atom is 0.315 e. The van der Waals surface area contributed by atoms with Gasteiger partial charge in [-0.1, -0.05) is 12.8 Å². The summed E-state index contributed by atoms with van der Waals surface area (Å²) in [5.41, 5.74) is 0.837. The number of carbonyl (C=O) groups excluding carboxylic acids is 2. The number of anilines is 1. The van der Waals surface area contributed by atoms with Crippen molar-refractivity contribution in [2.45, 2.75) is 51.1 Å². The average molecular weight is 331 g/mol. The molecule has 1 saturated carbocycles. The van der Waals surface area contributed by atoms with Crippen molar-refractivity contribution in [2.75, 3.05) is 18.1 Å². The van der Waals surface area contributed by atoms with Gasteiger partial charge in [-0.2, -0.15) is 0 Å². The van der Waals surface area contributed by atoms with Crippen LogP contribution in [0.5, 0.6) is 5.75 Å². The van der Waals surface area contributed by atoms with Gasteiger partial charge >= 0.3 is 6.03 Å². The first-order valence-corrected chi connectivity index (χ1v) is 8.76. The fourth-order valence-corrected chi connectivity index (χ4v) is 3.43. The molecule has 0 spiro atoms. The highest BCUT2D eigenvalue weighted by Gasteiger charge is 2.32. The maximum absolute atomic E-state index is 12.2. The van der Waals surface area contributed by atoms with E-state index in [4.69, 9.17) is 4.74 Å². The van der Waals surface area contributed by atoms with Gasteiger partial charge in [0, 0.05) is 24.7 Å². The first-order valence-electron chi connectivity index (χ1n) is 8.76. The van der Waals surface area contributed by atoms with E-state index < -0.39 is 0 Å². The molecule has 0 radical (unpaired) electrons. The molecule has 2 N–H and O–H groups in total. The number of nitrogens with one attached hydrogen (secondary N) is 2. The molecule has 2 aliphatic rings. The SMILES string of the molecule is CCOc1ccc(N2C[C@H](NC(=O)NC3CCCC3)CC2=O)cc1. The summed E-state index contributed by atoms with van der Waals surface area (Å²) in [7, 11) is 0. The highest BCUT2D eigenvalue weighted by atomic mass is 16.5. The molecular weight excluding hydrogens is 306 g/mol. The summed E-state index contributed by atoms with van der Waals surface area (Å²) in [6.07, 6.45) is 4.80. The van der Waals surface area contributed by atoms with Gasteiger partial charge in [0.25, 0.3) is 0 Å². The number of nitrogens with zero attached hydrogens (tertiary/aromatic N) is 1. The Morgan fingerprint density at radius 2 is 1.83 bits per heavy atom. The van der Waals surface area contributed by atoms with Crippen LogP contribution in [0.15, 0.2) is 24.3 Å². The molecule has 0 unspecified atom stereocenters. The van der Waals surface area contributed by atoms with E-state index in [9.17, 15) is 9.59 Å². The van der Waals surface area contributed by atoms with Gasteiger partial charge in [-0.3, -0.25) is 4.79 Å². The van der Waals surface area contributed by atoms with Crippen molar-refractivity contribution < 1.29 is 14.3 Å². The van der Waals surface area contributed by atoms with Gasteiger partial charge in [0.2, 0.25) is 5.91 Å². The minimum atomic E-state index is -0.159. The summed E-state index contributed by atoms with van der Waals surface area (Å²) in [5, 5.41) is 5.93. The molecule has 24 heavy (non-hydrogen) atoms. The Balaban J connectivity index is 1.53. The Labute approximate surface area is 142 Å². The minimum Gasteiger partial charge on any atom is -0.494 e. The Morgan fingerprint density at radius 3 is 2.50 bits per heavy atom. The topological polar surface area (TPSA) is 70.7 Å². The molecular formula is C18H25N3O3. The molecule has 1 heterocycles. The van der Waals surface area contributed by atoms with Crippen molar-refractivity contribution in [3.8, 4) is 5.75 Å². The van der Waals surface area contributed by atoms with Gasteiger partial charge in [0.15, 0.2) is 0 Å². The van der Waals surface area contributed by atoms with Crippen LogP contribution in [0, 0.1) is 0 Å². The van der Waals surface area contributed by atoms with E-state index >= 15 is 0 Å². The Kier molecular flexibility index (Phi) is 5.23. The maximum atomic E-state index is 12.2. The van der Waals surface area contributed by atoms with Gasteiger partial charge < -0.3 is 20.3 Å². The van der Waals surface area contributed by atoms with E-state index in [2.05, 4.69) is 10.6 Å². The first kappa shape index (κ1) is 16.6. The van der Waals surface area contributed by atoms with Crippen LogP contribution in [-0.4, -0.2) is 37.2 Å². The zero-order valence-corrected chi connectivity index (χ0v) is 14.1. The third kappa shape index (κ3) is 3.99. The highest BCUT2D eigenvalue weighted by Crippen LogP contribution is 2.24. The quantitative estimate of drug-likeness (QED) is 0.870. The third-order valence-electron chi connectivity index (χ3n) is 4.61. The molecule has 1 aromatic carbocycles. The highest BCUT2D eigenvalue weighted by molar-refractivity contribution is 5.96. The number of benzene rings is 1. The number of hydrogen-bond acceptors (Lipinski definition) is 3. The molecule has 3 amide bonds. The third-order valence-corrected chi connectivity index (χ3v) is 4.61. The van der Waals surface area contributed by atoms with Gasteiger partial charge in [-0.15, -0.1) is 0 Å². The number of hydrogen-bond donors (Lipinski definition) is 2. The molecule has 0 bridgehead atoms. The van der Waals surface area contributed by atoms with E-state index in [0.29, 0.717) is 19.6 Å². The van der Waals surface area contributed by atoms with E-state index in [1.54, 1.807) is 4.90 Å². The second-order valence-corrected chi connectivity index (χ2v) is 6.43. The van der Waals surface area contributed by atoms with E-state index in [0.717, 1.165) is 24.3 Å². The van der Waals surface area contributed by atoms with E-state index in [1.165, 1.54) is 12.8 Å². The molecule has 1 aromatic rings. The van der Waals surface area contributed by atoms with Gasteiger partial charge in [-0.05, 0) is 44.0 Å². The van der Waals surface area contributed by atoms with E-state index in [1.807, 2.05) is 31.2 Å². The van der Waals surface area contributed by atoms with Crippen molar-refractivity contribution >= 4 is 17.6 Å². The minimum absolute atomic E-state index is 0.0327. The fourth-order valence-electron chi connectivity index (χ4n) is 3.43. The van der Waals surface area contributed by atoms with Crippen LogP contribution in [0.25, 0.3) is 0 Å². The summed E-state index contributed by atoms with van der Waals surface area (Å²) in [5.74, 6) is 0.823. The largest absolute Gasteiger partial charge is 0.494 e. The summed E-state index contributed by atoms with van der Waals surface area (Å²) >= 11 is 0. The molecule has 0 aromatic heterocycles. The monoisotopic (exact) mass is 331 g/mol. The summed E-state index contributed by atoms with van der Waals surface area (Å²) in [4.78, 5) is 26.0. The van der Waals surface area contributed by atoms with Crippen LogP contribution in [-0.2, 0) is 4.79 Å². The molecule has 1 aliphatic heterocycles. The number of rotatable bonds is 5. The molecule has 1 atom stereocenters. The summed E-state index contributed by atoms with van der Waals surface area (Å²) in [6.45, 7) is 3.06. The summed E-state index contributed by atoms with van der Waals surface area (Å²) < 4.78 is 5.42. The number of urea groups is 1. The lowest BCUT2D eigenvalue weighted by Crippen LogP contribution is -2.46. The predicted octanol–water partition coefficient (Wildman–Crippen LogP) is 2.43. The molecule has 130 valence electrons.